The molecule has 1 aromatic rings. The van der Waals surface area contributed by atoms with E-state index in [1.807, 2.05) is 13.8 Å². The zero-order chi connectivity index (χ0) is 12.9. The molecule has 17 heavy (non-hydrogen) atoms. The first-order valence-electron chi connectivity index (χ1n) is 5.50. The molecule has 0 atom stereocenters. The minimum Gasteiger partial charge on any atom is -0.383 e. The Morgan fingerprint density at radius 2 is 2.35 bits per heavy atom. The summed E-state index contributed by atoms with van der Waals surface area (Å²) in [5.74, 6) is -0.0782. The Bertz CT molecular complexity index is 368. The Hall–Kier alpha value is -1.40. The predicted octanol–water partition coefficient (Wildman–Crippen LogP) is -0.160. The van der Waals surface area contributed by atoms with Crippen LogP contribution in [0, 0.1) is 0 Å². The highest BCUT2D eigenvalue weighted by atomic mass is 16.5. The number of carbonyl (C=O) groups excluding carboxylic acids is 1. The van der Waals surface area contributed by atoms with Crippen LogP contribution < -0.4 is 11.1 Å². The van der Waals surface area contributed by atoms with Crippen molar-refractivity contribution in [3.05, 3.63) is 18.2 Å². The molecule has 1 rings (SSSR count). The molecule has 0 aliphatic heterocycles. The summed E-state index contributed by atoms with van der Waals surface area (Å²) < 4.78 is 6.60. The molecule has 0 aromatic carbocycles. The van der Waals surface area contributed by atoms with Crippen molar-refractivity contribution < 1.29 is 9.53 Å². The Morgan fingerprint density at radius 1 is 1.65 bits per heavy atom. The van der Waals surface area contributed by atoms with E-state index >= 15 is 0 Å². The van der Waals surface area contributed by atoms with Crippen molar-refractivity contribution in [1.82, 2.24) is 14.9 Å². The third-order valence-electron chi connectivity index (χ3n) is 2.31. The first-order valence-corrected chi connectivity index (χ1v) is 5.50. The SMILES string of the molecule is COCCNC(=O)Cn1cncc1C(C)(C)N. The fourth-order valence-corrected chi connectivity index (χ4v) is 1.49. The summed E-state index contributed by atoms with van der Waals surface area (Å²) in [6.45, 7) is 4.99. The number of hydrogen-bond acceptors (Lipinski definition) is 4. The van der Waals surface area contributed by atoms with Gasteiger partial charge in [-0.3, -0.25) is 4.79 Å². The minimum absolute atomic E-state index is 0.0782. The topological polar surface area (TPSA) is 82.2 Å². The van der Waals surface area contributed by atoms with Crippen molar-refractivity contribution in [2.24, 2.45) is 5.73 Å². The summed E-state index contributed by atoms with van der Waals surface area (Å²) in [4.78, 5) is 15.6. The molecule has 6 nitrogen and oxygen atoms in total. The Balaban J connectivity index is 2.57. The molecule has 0 unspecified atom stereocenters. The maximum absolute atomic E-state index is 11.6. The van der Waals surface area contributed by atoms with Crippen molar-refractivity contribution in [1.29, 1.82) is 0 Å². The molecule has 0 fully saturated rings. The molecule has 1 heterocycles. The summed E-state index contributed by atoms with van der Waals surface area (Å²) >= 11 is 0. The number of nitrogens with one attached hydrogen (secondary N) is 1. The Morgan fingerprint density at radius 3 is 2.94 bits per heavy atom. The van der Waals surface area contributed by atoms with Gasteiger partial charge in [-0.05, 0) is 13.8 Å². The molecule has 0 saturated heterocycles. The van der Waals surface area contributed by atoms with E-state index in [-0.39, 0.29) is 12.5 Å². The third kappa shape index (κ3) is 4.16. The standard InChI is InChI=1S/C11H20N4O2/c1-11(2,12)9-6-13-8-15(9)7-10(16)14-4-5-17-3/h6,8H,4-5,7,12H2,1-3H3,(H,14,16). The van der Waals surface area contributed by atoms with Gasteiger partial charge in [0.15, 0.2) is 0 Å². The first kappa shape index (κ1) is 13.7. The van der Waals surface area contributed by atoms with Gasteiger partial charge in [0, 0.05) is 19.9 Å². The third-order valence-corrected chi connectivity index (χ3v) is 2.31. The van der Waals surface area contributed by atoms with Crippen LogP contribution in [0.15, 0.2) is 12.5 Å². The van der Waals surface area contributed by atoms with E-state index in [0.29, 0.717) is 13.2 Å². The largest absolute Gasteiger partial charge is 0.383 e. The van der Waals surface area contributed by atoms with Crippen LogP contribution in [0.2, 0.25) is 0 Å². The highest BCUT2D eigenvalue weighted by Gasteiger charge is 2.19. The smallest absolute Gasteiger partial charge is 0.240 e. The molecule has 1 aromatic heterocycles. The molecule has 0 spiro atoms. The lowest BCUT2D eigenvalue weighted by molar-refractivity contribution is -0.121. The lowest BCUT2D eigenvalue weighted by Gasteiger charge is -2.20. The average molecular weight is 240 g/mol. The minimum atomic E-state index is -0.511. The van der Waals surface area contributed by atoms with Gasteiger partial charge in [-0.25, -0.2) is 4.98 Å². The van der Waals surface area contributed by atoms with E-state index < -0.39 is 5.54 Å². The molecule has 0 aliphatic carbocycles. The first-order chi connectivity index (χ1) is 7.95. The molecule has 0 aliphatic rings. The summed E-state index contributed by atoms with van der Waals surface area (Å²) in [5, 5.41) is 2.75. The second-order valence-corrected chi connectivity index (χ2v) is 4.47. The van der Waals surface area contributed by atoms with Crippen LogP contribution in [-0.2, 0) is 21.6 Å². The van der Waals surface area contributed by atoms with Gasteiger partial charge in [-0.15, -0.1) is 0 Å². The van der Waals surface area contributed by atoms with E-state index in [9.17, 15) is 4.79 Å². The number of carbonyl (C=O) groups is 1. The average Bonchev–Trinajstić information content (AvgIpc) is 2.65. The van der Waals surface area contributed by atoms with E-state index in [1.165, 1.54) is 0 Å². The van der Waals surface area contributed by atoms with Gasteiger partial charge in [0.1, 0.15) is 6.54 Å². The molecule has 96 valence electrons. The quantitative estimate of drug-likeness (QED) is 0.677. The number of amides is 1. The summed E-state index contributed by atoms with van der Waals surface area (Å²) in [5.41, 5.74) is 6.31. The van der Waals surface area contributed by atoms with Crippen LogP contribution in [0.4, 0.5) is 0 Å². The zero-order valence-corrected chi connectivity index (χ0v) is 10.6. The van der Waals surface area contributed by atoms with Crippen LogP contribution in [0.5, 0.6) is 0 Å². The van der Waals surface area contributed by atoms with Crippen molar-refractivity contribution in [3.63, 3.8) is 0 Å². The molecular weight excluding hydrogens is 220 g/mol. The molecule has 0 radical (unpaired) electrons. The monoisotopic (exact) mass is 240 g/mol. The van der Waals surface area contributed by atoms with Gasteiger partial charge < -0.3 is 20.4 Å². The van der Waals surface area contributed by atoms with Crippen LogP contribution in [-0.4, -0.2) is 35.7 Å². The number of methoxy groups -OCH3 is 1. The molecular formula is C11H20N4O2. The number of aromatic nitrogens is 2. The van der Waals surface area contributed by atoms with Crippen molar-refractivity contribution in [2.45, 2.75) is 25.9 Å². The van der Waals surface area contributed by atoms with Crippen LogP contribution >= 0.6 is 0 Å². The Kier molecular flexibility index (Phi) is 4.65. The highest BCUT2D eigenvalue weighted by molar-refractivity contribution is 5.75. The second-order valence-electron chi connectivity index (χ2n) is 4.47. The number of imidazole rings is 1. The summed E-state index contributed by atoms with van der Waals surface area (Å²) in [7, 11) is 1.59. The predicted molar refractivity (Wildman–Crippen MR) is 64.3 cm³/mol. The molecule has 0 bridgehead atoms. The lowest BCUT2D eigenvalue weighted by Crippen LogP contribution is -2.35. The lowest BCUT2D eigenvalue weighted by atomic mass is 10.0. The normalized spacial score (nSPS) is 11.5. The summed E-state index contributed by atoms with van der Waals surface area (Å²) in [6.07, 6.45) is 3.29. The van der Waals surface area contributed by atoms with Gasteiger partial charge in [-0.1, -0.05) is 0 Å². The fourth-order valence-electron chi connectivity index (χ4n) is 1.49. The van der Waals surface area contributed by atoms with Gasteiger partial charge >= 0.3 is 0 Å². The summed E-state index contributed by atoms with van der Waals surface area (Å²) in [6, 6.07) is 0. The second kappa shape index (κ2) is 5.79. The maximum atomic E-state index is 11.6. The van der Waals surface area contributed by atoms with E-state index in [4.69, 9.17) is 10.5 Å². The molecule has 0 saturated carbocycles. The van der Waals surface area contributed by atoms with Crippen molar-refractivity contribution in [3.8, 4) is 0 Å². The number of nitrogens with zero attached hydrogens (tertiary/aromatic N) is 2. The molecule has 1 amide bonds. The van der Waals surface area contributed by atoms with Crippen molar-refractivity contribution >= 4 is 5.91 Å². The highest BCUT2D eigenvalue weighted by Crippen LogP contribution is 2.15. The van der Waals surface area contributed by atoms with Gasteiger partial charge in [0.2, 0.25) is 5.91 Å². The van der Waals surface area contributed by atoms with Crippen LogP contribution in [0.3, 0.4) is 0 Å². The molecule has 3 N–H and O–H groups in total. The van der Waals surface area contributed by atoms with E-state index in [2.05, 4.69) is 10.3 Å². The Labute approximate surface area is 101 Å². The number of ether oxygens (including phenoxy) is 1. The van der Waals surface area contributed by atoms with Crippen LogP contribution in [0.1, 0.15) is 19.5 Å². The van der Waals surface area contributed by atoms with Crippen LogP contribution in [0.25, 0.3) is 0 Å². The number of rotatable bonds is 6. The maximum Gasteiger partial charge on any atom is 0.240 e. The number of nitrogens with two attached hydrogens (primary N) is 1. The van der Waals surface area contributed by atoms with E-state index in [1.54, 1.807) is 24.2 Å². The number of hydrogen-bond donors (Lipinski definition) is 2. The van der Waals surface area contributed by atoms with E-state index in [0.717, 1.165) is 5.69 Å². The van der Waals surface area contributed by atoms with Gasteiger partial charge in [-0.2, -0.15) is 0 Å². The fraction of sp³-hybridized carbons (Fsp3) is 0.636. The molecule has 6 heteroatoms. The zero-order valence-electron chi connectivity index (χ0n) is 10.6. The van der Waals surface area contributed by atoms with Crippen molar-refractivity contribution in [2.75, 3.05) is 20.3 Å². The van der Waals surface area contributed by atoms with Gasteiger partial charge in [0.05, 0.1) is 24.2 Å². The van der Waals surface area contributed by atoms with Gasteiger partial charge in [0.25, 0.3) is 0 Å².